The molecule has 1 amide bonds. The summed E-state index contributed by atoms with van der Waals surface area (Å²) in [5.41, 5.74) is -0.160. The van der Waals surface area contributed by atoms with Crippen LogP contribution in [0.15, 0.2) is 0 Å². The fraction of sp³-hybridized carbons (Fsp3) is 0.917. The summed E-state index contributed by atoms with van der Waals surface area (Å²) in [5.74, 6) is 1.06. The smallest absolute Gasteiger partial charge is 0.227 e. The molecule has 1 atom stereocenters. The van der Waals surface area contributed by atoms with Crippen LogP contribution in [0, 0.1) is 11.3 Å². The van der Waals surface area contributed by atoms with Gasteiger partial charge in [-0.05, 0) is 51.9 Å². The Kier molecular flexibility index (Phi) is 3.50. The van der Waals surface area contributed by atoms with E-state index in [1.165, 1.54) is 19.5 Å². The van der Waals surface area contributed by atoms with E-state index in [1.807, 2.05) is 0 Å². The molecule has 2 aliphatic rings. The third kappa shape index (κ3) is 2.38. The first-order valence-corrected chi connectivity index (χ1v) is 6.29. The van der Waals surface area contributed by atoms with Gasteiger partial charge < -0.3 is 15.5 Å². The molecule has 4 heteroatoms. The van der Waals surface area contributed by atoms with Gasteiger partial charge in [-0.15, -0.1) is 0 Å². The summed E-state index contributed by atoms with van der Waals surface area (Å²) >= 11 is 0. The lowest BCUT2D eigenvalue weighted by Crippen LogP contribution is -2.44. The van der Waals surface area contributed by atoms with Gasteiger partial charge in [-0.2, -0.15) is 0 Å². The normalized spacial score (nSPS) is 31.4. The lowest BCUT2D eigenvalue weighted by atomic mass is 9.89. The number of hydrogen-bond donors (Lipinski definition) is 2. The number of carbonyl (C=O) groups is 1. The Labute approximate surface area is 97.8 Å². The van der Waals surface area contributed by atoms with Gasteiger partial charge >= 0.3 is 0 Å². The van der Waals surface area contributed by atoms with E-state index < -0.39 is 0 Å². The first kappa shape index (κ1) is 11.9. The molecule has 0 radical (unpaired) electrons. The van der Waals surface area contributed by atoms with E-state index in [0.717, 1.165) is 32.0 Å². The van der Waals surface area contributed by atoms with Crippen molar-refractivity contribution >= 4 is 5.91 Å². The largest absolute Gasteiger partial charge is 0.359 e. The van der Waals surface area contributed by atoms with Crippen LogP contribution in [0.3, 0.4) is 0 Å². The van der Waals surface area contributed by atoms with Crippen LogP contribution in [0.5, 0.6) is 0 Å². The van der Waals surface area contributed by atoms with E-state index in [4.69, 9.17) is 0 Å². The summed E-state index contributed by atoms with van der Waals surface area (Å²) in [6.45, 7) is 7.59. The van der Waals surface area contributed by atoms with Gasteiger partial charge in [0, 0.05) is 13.6 Å². The fourth-order valence-electron chi connectivity index (χ4n) is 2.65. The fourth-order valence-corrected chi connectivity index (χ4v) is 2.65. The highest BCUT2D eigenvalue weighted by molar-refractivity contribution is 5.82. The average molecular weight is 225 g/mol. The molecule has 4 nitrogen and oxygen atoms in total. The number of rotatable bonds is 4. The molecule has 2 fully saturated rings. The third-order valence-electron chi connectivity index (χ3n) is 4.05. The Bertz CT molecular complexity index is 265. The van der Waals surface area contributed by atoms with Crippen molar-refractivity contribution in [3.63, 3.8) is 0 Å². The van der Waals surface area contributed by atoms with Crippen LogP contribution >= 0.6 is 0 Å². The molecule has 0 bridgehead atoms. The first-order chi connectivity index (χ1) is 7.64. The highest BCUT2D eigenvalue weighted by Crippen LogP contribution is 2.30. The van der Waals surface area contributed by atoms with Gasteiger partial charge in [0.05, 0.1) is 5.41 Å². The van der Waals surface area contributed by atoms with Crippen LogP contribution in [0.4, 0.5) is 0 Å². The van der Waals surface area contributed by atoms with Crippen molar-refractivity contribution in [1.29, 1.82) is 0 Å². The van der Waals surface area contributed by atoms with Crippen LogP contribution in [-0.2, 0) is 4.79 Å². The zero-order valence-electron chi connectivity index (χ0n) is 10.4. The van der Waals surface area contributed by atoms with Crippen molar-refractivity contribution in [2.75, 3.05) is 39.8 Å². The molecule has 2 aliphatic heterocycles. The highest BCUT2D eigenvalue weighted by atomic mass is 16.2. The molecule has 16 heavy (non-hydrogen) atoms. The van der Waals surface area contributed by atoms with Crippen molar-refractivity contribution in [3.05, 3.63) is 0 Å². The quantitative estimate of drug-likeness (QED) is 0.711. The van der Waals surface area contributed by atoms with Crippen molar-refractivity contribution in [1.82, 2.24) is 15.5 Å². The maximum atomic E-state index is 11.7. The van der Waals surface area contributed by atoms with Gasteiger partial charge in [0.15, 0.2) is 0 Å². The summed E-state index contributed by atoms with van der Waals surface area (Å²) in [6.07, 6.45) is 2.27. The van der Waals surface area contributed by atoms with Crippen molar-refractivity contribution in [3.8, 4) is 0 Å². The second kappa shape index (κ2) is 4.72. The zero-order valence-corrected chi connectivity index (χ0v) is 10.4. The minimum atomic E-state index is -0.160. The molecule has 0 aromatic carbocycles. The van der Waals surface area contributed by atoms with Crippen LogP contribution < -0.4 is 10.6 Å². The molecular formula is C12H23N3O. The molecule has 0 spiro atoms. The summed E-state index contributed by atoms with van der Waals surface area (Å²) in [6, 6.07) is 0. The molecule has 0 aromatic heterocycles. The number of nitrogens with one attached hydrogen (secondary N) is 2. The van der Waals surface area contributed by atoms with Gasteiger partial charge in [0.1, 0.15) is 0 Å². The van der Waals surface area contributed by atoms with Crippen LogP contribution in [0.1, 0.15) is 19.8 Å². The van der Waals surface area contributed by atoms with E-state index >= 15 is 0 Å². The molecule has 0 saturated carbocycles. The summed E-state index contributed by atoms with van der Waals surface area (Å²) in [5, 5.41) is 6.08. The number of hydrogen-bond acceptors (Lipinski definition) is 3. The van der Waals surface area contributed by atoms with E-state index in [-0.39, 0.29) is 11.3 Å². The minimum absolute atomic E-state index is 0.160. The maximum absolute atomic E-state index is 11.7. The maximum Gasteiger partial charge on any atom is 0.227 e. The summed E-state index contributed by atoms with van der Waals surface area (Å²) in [7, 11) is 1.73. The number of likely N-dealkylation sites (tertiary alicyclic amines) is 1. The van der Waals surface area contributed by atoms with Crippen molar-refractivity contribution < 1.29 is 4.79 Å². The molecular weight excluding hydrogens is 202 g/mol. The van der Waals surface area contributed by atoms with E-state index in [1.54, 1.807) is 7.05 Å². The van der Waals surface area contributed by atoms with Crippen molar-refractivity contribution in [2.45, 2.75) is 19.8 Å². The van der Waals surface area contributed by atoms with Gasteiger partial charge in [-0.3, -0.25) is 4.79 Å². The topological polar surface area (TPSA) is 44.4 Å². The second-order valence-corrected chi connectivity index (χ2v) is 5.48. The zero-order chi connectivity index (χ0) is 11.6. The molecule has 0 aliphatic carbocycles. The number of nitrogens with zero attached hydrogens (tertiary/aromatic N) is 1. The highest BCUT2D eigenvalue weighted by Gasteiger charge is 2.39. The SMILES string of the molecule is CNC(=O)C1(C)CCN(CCC2CNC2)C1. The third-order valence-corrected chi connectivity index (χ3v) is 4.05. The van der Waals surface area contributed by atoms with Gasteiger partial charge in [0.25, 0.3) is 0 Å². The Morgan fingerprint density at radius 3 is 2.88 bits per heavy atom. The Morgan fingerprint density at radius 2 is 2.31 bits per heavy atom. The van der Waals surface area contributed by atoms with Crippen molar-refractivity contribution in [2.24, 2.45) is 11.3 Å². The Balaban J connectivity index is 1.75. The standard InChI is InChI=1S/C12H23N3O/c1-12(11(16)13-2)4-6-15(9-12)5-3-10-7-14-8-10/h10,14H,3-9H2,1-2H3,(H,13,16). The Morgan fingerprint density at radius 1 is 1.56 bits per heavy atom. The predicted octanol–water partition coefficient (Wildman–Crippen LogP) is 0.0539. The van der Waals surface area contributed by atoms with Crippen LogP contribution in [0.2, 0.25) is 0 Å². The van der Waals surface area contributed by atoms with Crippen LogP contribution in [-0.4, -0.2) is 50.6 Å². The van der Waals surface area contributed by atoms with E-state index in [2.05, 4.69) is 22.5 Å². The lowest BCUT2D eigenvalue weighted by Gasteiger charge is -2.29. The molecule has 1 unspecified atom stereocenters. The van der Waals surface area contributed by atoms with Crippen LogP contribution in [0.25, 0.3) is 0 Å². The van der Waals surface area contributed by atoms with Gasteiger partial charge in [-0.25, -0.2) is 0 Å². The minimum Gasteiger partial charge on any atom is -0.359 e. The molecule has 0 aromatic rings. The predicted molar refractivity (Wildman–Crippen MR) is 64.2 cm³/mol. The Hall–Kier alpha value is -0.610. The lowest BCUT2D eigenvalue weighted by molar-refractivity contribution is -0.129. The van der Waals surface area contributed by atoms with Gasteiger partial charge in [-0.1, -0.05) is 0 Å². The van der Waals surface area contributed by atoms with E-state index in [0.29, 0.717) is 0 Å². The molecule has 2 rings (SSSR count). The molecule has 92 valence electrons. The van der Waals surface area contributed by atoms with E-state index in [9.17, 15) is 4.79 Å². The molecule has 2 N–H and O–H groups in total. The van der Waals surface area contributed by atoms with Gasteiger partial charge in [0.2, 0.25) is 5.91 Å². The summed E-state index contributed by atoms with van der Waals surface area (Å²) in [4.78, 5) is 14.2. The summed E-state index contributed by atoms with van der Waals surface area (Å²) < 4.78 is 0. The number of amides is 1. The first-order valence-electron chi connectivity index (χ1n) is 6.29. The number of carbonyl (C=O) groups excluding carboxylic acids is 1. The second-order valence-electron chi connectivity index (χ2n) is 5.48. The molecule has 2 saturated heterocycles. The molecule has 2 heterocycles. The average Bonchev–Trinajstić information content (AvgIpc) is 2.58. The monoisotopic (exact) mass is 225 g/mol.